The topological polar surface area (TPSA) is 115 Å². The Hall–Kier alpha value is -4.22. The van der Waals surface area contributed by atoms with Crippen LogP contribution < -0.4 is 10.6 Å². The molecule has 1 atom stereocenters. The Morgan fingerprint density at radius 3 is 2.67 bits per heavy atom. The van der Waals surface area contributed by atoms with E-state index in [0.717, 1.165) is 36.2 Å². The number of anilines is 1. The van der Waals surface area contributed by atoms with Crippen molar-refractivity contribution in [3.05, 3.63) is 57.8 Å². The number of nitrogens with zero attached hydrogens (tertiary/aromatic N) is 9. The van der Waals surface area contributed by atoms with Crippen LogP contribution in [0.25, 0.3) is 22.5 Å². The molecule has 0 radical (unpaired) electrons. The van der Waals surface area contributed by atoms with Crippen molar-refractivity contribution in [2.45, 2.75) is 65.3 Å². The second-order valence-electron chi connectivity index (χ2n) is 10.9. The molecule has 12 heteroatoms. The van der Waals surface area contributed by atoms with E-state index < -0.39 is 11.5 Å². The molecule has 1 fully saturated rings. The summed E-state index contributed by atoms with van der Waals surface area (Å²) in [4.78, 5) is 43.8. The number of piperazine rings is 1. The molecule has 0 N–H and O–H groups in total. The van der Waals surface area contributed by atoms with Gasteiger partial charge >= 0.3 is 5.69 Å². The SMILES string of the molecule is CC(=O)N1CCN(c2nc(=O)n3c4nc(c(F)cc24)-n2nncc2CCCCc2ccnc(C(C)C)c2-3)[C@@H](C)C1. The smallest absolute Gasteiger partial charge is 0.350 e. The lowest BCUT2D eigenvalue weighted by Crippen LogP contribution is -2.54. The van der Waals surface area contributed by atoms with Gasteiger partial charge in [0, 0.05) is 38.8 Å². The van der Waals surface area contributed by atoms with E-state index >= 15 is 4.39 Å². The zero-order valence-electron chi connectivity index (χ0n) is 23.1. The molecule has 6 heterocycles. The maximum absolute atomic E-state index is 15.9. The number of carbonyl (C=O) groups is 1. The number of carbonyl (C=O) groups excluding carboxylic acids is 1. The lowest BCUT2D eigenvalue weighted by Gasteiger charge is -2.40. The summed E-state index contributed by atoms with van der Waals surface area (Å²) < 4.78 is 18.8. The van der Waals surface area contributed by atoms with Gasteiger partial charge in [0.15, 0.2) is 17.3 Å². The zero-order valence-corrected chi connectivity index (χ0v) is 23.1. The third-order valence-electron chi connectivity index (χ3n) is 7.88. The van der Waals surface area contributed by atoms with E-state index in [-0.39, 0.29) is 29.3 Å². The van der Waals surface area contributed by atoms with Crippen molar-refractivity contribution in [2.24, 2.45) is 0 Å². The number of halogens is 1. The van der Waals surface area contributed by atoms with Gasteiger partial charge in [-0.1, -0.05) is 19.1 Å². The monoisotopic (exact) mass is 545 g/mol. The average molecular weight is 546 g/mol. The minimum Gasteiger partial charge on any atom is -0.350 e. The van der Waals surface area contributed by atoms with E-state index in [1.807, 2.05) is 31.7 Å². The largest absolute Gasteiger partial charge is 0.355 e. The maximum atomic E-state index is 15.9. The molecule has 0 saturated carbocycles. The van der Waals surface area contributed by atoms with E-state index in [4.69, 9.17) is 4.98 Å². The molecule has 0 aliphatic carbocycles. The van der Waals surface area contributed by atoms with Gasteiger partial charge in [0.2, 0.25) is 5.91 Å². The third kappa shape index (κ3) is 4.31. The van der Waals surface area contributed by atoms with Gasteiger partial charge in [-0.3, -0.25) is 9.78 Å². The second kappa shape index (κ2) is 10.1. The first kappa shape index (κ1) is 26.0. The quantitative estimate of drug-likeness (QED) is 0.378. The minimum atomic E-state index is -0.588. The van der Waals surface area contributed by atoms with Crippen LogP contribution in [0.4, 0.5) is 10.2 Å². The summed E-state index contributed by atoms with van der Waals surface area (Å²) in [5.74, 6) is -0.238. The van der Waals surface area contributed by atoms with Gasteiger partial charge in [-0.25, -0.2) is 18.7 Å². The average Bonchev–Trinajstić information content (AvgIpc) is 3.38. The van der Waals surface area contributed by atoms with E-state index in [1.165, 1.54) is 15.3 Å². The van der Waals surface area contributed by atoms with Gasteiger partial charge in [-0.05, 0) is 56.2 Å². The van der Waals surface area contributed by atoms with Crippen molar-refractivity contribution in [3.8, 4) is 11.5 Å². The summed E-state index contributed by atoms with van der Waals surface area (Å²) in [6, 6.07) is 3.19. The highest BCUT2D eigenvalue weighted by Crippen LogP contribution is 2.33. The Bertz CT molecular complexity index is 1680. The molecular weight excluding hydrogens is 513 g/mol. The molecule has 2 aliphatic rings. The molecule has 0 aromatic carbocycles. The van der Waals surface area contributed by atoms with Gasteiger partial charge in [0.05, 0.1) is 28.7 Å². The standard InChI is InChI=1S/C28H32FN9O2/c1-16(2)23-24-19(9-10-30-23)7-5-6-8-20-14-31-34-38(20)27-22(29)13-21-25(33-28(40)37(24)26(21)32-27)36-12-11-35(18(4)39)15-17(36)3/h9-10,13-14,16-17H,5-8,11-12,15H2,1-4H3/t17-/m0/s1. The molecule has 0 spiro atoms. The Balaban J connectivity index is 1.68. The predicted molar refractivity (Wildman–Crippen MR) is 148 cm³/mol. The van der Waals surface area contributed by atoms with Crippen molar-refractivity contribution in [1.82, 2.24) is 39.4 Å². The lowest BCUT2D eigenvalue weighted by atomic mass is 9.99. The number of amides is 1. The van der Waals surface area contributed by atoms with Gasteiger partial charge < -0.3 is 9.80 Å². The van der Waals surface area contributed by atoms with E-state index in [9.17, 15) is 9.59 Å². The van der Waals surface area contributed by atoms with Crippen molar-refractivity contribution in [1.29, 1.82) is 0 Å². The number of hydrogen-bond donors (Lipinski definition) is 0. The first-order chi connectivity index (χ1) is 19.2. The molecule has 2 aliphatic heterocycles. The lowest BCUT2D eigenvalue weighted by molar-refractivity contribution is -0.129. The molecule has 40 heavy (non-hydrogen) atoms. The molecule has 1 amide bonds. The van der Waals surface area contributed by atoms with Gasteiger partial charge in [-0.15, -0.1) is 5.10 Å². The van der Waals surface area contributed by atoms with Crippen LogP contribution >= 0.6 is 0 Å². The van der Waals surface area contributed by atoms with Crippen LogP contribution in [0.3, 0.4) is 0 Å². The number of aryl methyl sites for hydroxylation is 2. The number of fused-ring (bicyclic) bond motifs is 5. The number of hydrogen-bond acceptors (Lipinski definition) is 8. The molecule has 1 saturated heterocycles. The Morgan fingerprint density at radius 1 is 1.12 bits per heavy atom. The van der Waals surface area contributed by atoms with Crippen LogP contribution in [0.1, 0.15) is 63.4 Å². The fourth-order valence-electron chi connectivity index (χ4n) is 5.84. The Labute approximate surface area is 230 Å². The molecule has 4 aromatic rings. The van der Waals surface area contributed by atoms with Crippen molar-refractivity contribution in [3.63, 3.8) is 0 Å². The second-order valence-corrected chi connectivity index (χ2v) is 10.9. The minimum absolute atomic E-state index is 0.00696. The van der Waals surface area contributed by atoms with Crippen LogP contribution in [-0.4, -0.2) is 71.0 Å². The highest BCUT2D eigenvalue weighted by Gasteiger charge is 2.31. The number of rotatable bonds is 2. The van der Waals surface area contributed by atoms with Crippen LogP contribution in [0, 0.1) is 5.82 Å². The zero-order chi connectivity index (χ0) is 28.1. The van der Waals surface area contributed by atoms with Crippen LogP contribution in [-0.2, 0) is 17.6 Å². The van der Waals surface area contributed by atoms with E-state index in [0.29, 0.717) is 42.9 Å². The summed E-state index contributed by atoms with van der Waals surface area (Å²) in [5, 5.41) is 8.58. The summed E-state index contributed by atoms with van der Waals surface area (Å²) in [7, 11) is 0. The molecule has 0 unspecified atom stereocenters. The number of pyridine rings is 2. The summed E-state index contributed by atoms with van der Waals surface area (Å²) in [5.41, 5.74) is 2.91. The Morgan fingerprint density at radius 2 is 1.93 bits per heavy atom. The van der Waals surface area contributed by atoms with Crippen LogP contribution in [0.5, 0.6) is 0 Å². The predicted octanol–water partition coefficient (Wildman–Crippen LogP) is 2.95. The van der Waals surface area contributed by atoms with Crippen LogP contribution in [0.2, 0.25) is 0 Å². The first-order valence-corrected chi connectivity index (χ1v) is 13.8. The first-order valence-electron chi connectivity index (χ1n) is 13.8. The van der Waals surface area contributed by atoms with Crippen LogP contribution in [0.15, 0.2) is 29.3 Å². The highest BCUT2D eigenvalue weighted by molar-refractivity contribution is 5.89. The molecule has 6 rings (SSSR count). The summed E-state index contributed by atoms with van der Waals surface area (Å²) in [6.07, 6.45) is 6.49. The molecule has 4 aromatic heterocycles. The van der Waals surface area contributed by atoms with Crippen molar-refractivity contribution in [2.75, 3.05) is 24.5 Å². The normalized spacial score (nSPS) is 17.5. The van der Waals surface area contributed by atoms with E-state index in [2.05, 4.69) is 20.3 Å². The van der Waals surface area contributed by atoms with Crippen molar-refractivity contribution >= 4 is 22.8 Å². The summed E-state index contributed by atoms with van der Waals surface area (Å²) >= 11 is 0. The van der Waals surface area contributed by atoms with Crippen molar-refractivity contribution < 1.29 is 9.18 Å². The van der Waals surface area contributed by atoms with Gasteiger partial charge in [0.1, 0.15) is 5.82 Å². The third-order valence-corrected chi connectivity index (χ3v) is 7.88. The van der Waals surface area contributed by atoms with Gasteiger partial charge in [-0.2, -0.15) is 9.67 Å². The highest BCUT2D eigenvalue weighted by atomic mass is 19.1. The van der Waals surface area contributed by atoms with E-state index in [1.54, 1.807) is 24.2 Å². The summed E-state index contributed by atoms with van der Waals surface area (Å²) in [6.45, 7) is 8.99. The molecule has 11 nitrogen and oxygen atoms in total. The Kier molecular flexibility index (Phi) is 6.55. The van der Waals surface area contributed by atoms with Gasteiger partial charge in [0.25, 0.3) is 0 Å². The molecule has 208 valence electrons. The fourth-order valence-corrected chi connectivity index (χ4v) is 5.84. The number of aromatic nitrogens is 7. The fraction of sp³-hybridized carbons (Fsp3) is 0.464. The maximum Gasteiger partial charge on any atom is 0.355 e. The molecular formula is C28H32FN9O2. The molecule has 2 bridgehead atoms.